The lowest BCUT2D eigenvalue weighted by Gasteiger charge is -2.26. The molecule has 0 unspecified atom stereocenters. The molecule has 0 aromatic rings. The lowest BCUT2D eigenvalue weighted by molar-refractivity contribution is -0.887. The van der Waals surface area contributed by atoms with E-state index in [1.807, 2.05) is 0 Å². The first kappa shape index (κ1) is 7.54. The van der Waals surface area contributed by atoms with Crippen molar-refractivity contribution in [1.82, 2.24) is 5.32 Å². The maximum atomic E-state index is 10.8. The third kappa shape index (κ3) is 1.99. The van der Waals surface area contributed by atoms with E-state index in [-0.39, 0.29) is 5.91 Å². The van der Waals surface area contributed by atoms with Crippen molar-refractivity contribution in [2.45, 2.75) is 6.42 Å². The highest BCUT2D eigenvalue weighted by Crippen LogP contribution is 2.01. The molecule has 1 fully saturated rings. The molecule has 1 saturated heterocycles. The number of nitrogens with one attached hydrogen (secondary N) is 1. The average Bonchev–Trinajstić information content (AvgIpc) is 1.94. The summed E-state index contributed by atoms with van der Waals surface area (Å²) < 4.78 is 0.957. The summed E-state index contributed by atoms with van der Waals surface area (Å²) in [6.45, 7) is 2.84. The molecule has 1 rings (SSSR count). The first-order chi connectivity index (χ1) is 4.60. The van der Waals surface area contributed by atoms with Crippen LogP contribution in [0.3, 0.4) is 0 Å². The highest BCUT2D eigenvalue weighted by Gasteiger charge is 2.20. The zero-order valence-electron chi connectivity index (χ0n) is 6.68. The molecule has 0 radical (unpaired) electrons. The molecule has 0 spiro atoms. The van der Waals surface area contributed by atoms with Crippen LogP contribution in [-0.4, -0.2) is 44.1 Å². The maximum absolute atomic E-state index is 10.8. The molecule has 0 aromatic carbocycles. The van der Waals surface area contributed by atoms with Gasteiger partial charge in [0.1, 0.15) is 0 Å². The Morgan fingerprint density at radius 2 is 2.10 bits per heavy atom. The van der Waals surface area contributed by atoms with Crippen LogP contribution in [0.2, 0.25) is 0 Å². The van der Waals surface area contributed by atoms with Crippen molar-refractivity contribution in [3.63, 3.8) is 0 Å². The normalized spacial score (nSPS) is 25.2. The second-order valence-corrected chi connectivity index (χ2v) is 3.48. The largest absolute Gasteiger partial charge is 0.350 e. The quantitative estimate of drug-likeness (QED) is 0.459. The molecule has 1 aliphatic heterocycles. The topological polar surface area (TPSA) is 29.1 Å². The van der Waals surface area contributed by atoms with Crippen molar-refractivity contribution in [2.24, 2.45) is 0 Å². The maximum Gasteiger partial charge on any atom is 0.225 e. The fourth-order valence-electron chi connectivity index (χ4n) is 1.10. The molecular formula is C7H15N2O+. The van der Waals surface area contributed by atoms with Crippen LogP contribution >= 0.6 is 0 Å². The van der Waals surface area contributed by atoms with E-state index in [0.717, 1.165) is 24.1 Å². The number of hydrogen-bond donors (Lipinski definition) is 1. The van der Waals surface area contributed by atoms with Gasteiger partial charge in [-0.25, -0.2) is 0 Å². The van der Waals surface area contributed by atoms with Crippen LogP contribution in [0, 0.1) is 0 Å². The minimum Gasteiger partial charge on any atom is -0.350 e. The van der Waals surface area contributed by atoms with Crippen molar-refractivity contribution in [3.8, 4) is 0 Å². The number of quaternary nitrogens is 1. The number of hydrogen-bond acceptors (Lipinski definition) is 1. The number of likely N-dealkylation sites (N-methyl/N-ethyl adjacent to an activating group) is 1. The van der Waals surface area contributed by atoms with Crippen molar-refractivity contribution < 1.29 is 9.28 Å². The summed E-state index contributed by atoms with van der Waals surface area (Å²) in [5.41, 5.74) is 0. The van der Waals surface area contributed by atoms with Gasteiger partial charge in [-0.15, -0.1) is 0 Å². The van der Waals surface area contributed by atoms with E-state index >= 15 is 0 Å². The van der Waals surface area contributed by atoms with Gasteiger partial charge in [0.15, 0.2) is 0 Å². The van der Waals surface area contributed by atoms with Crippen LogP contribution in [0.1, 0.15) is 6.42 Å². The number of nitrogens with zero attached hydrogens (tertiary/aromatic N) is 1. The molecule has 1 aliphatic rings. The molecular weight excluding hydrogens is 128 g/mol. The molecule has 1 amide bonds. The summed E-state index contributed by atoms with van der Waals surface area (Å²) in [6.07, 6.45) is 0.674. The highest BCUT2D eigenvalue weighted by atomic mass is 16.1. The lowest BCUT2D eigenvalue weighted by atomic mass is 10.3. The standard InChI is InChI=1S/C7H14N2O/c1-9(2)5-3-7(10)8-4-6-9/h3-6H2,1-2H3/p+1. The minimum absolute atomic E-state index is 0.198. The molecule has 0 atom stereocenters. The number of amides is 1. The third-order valence-corrected chi connectivity index (χ3v) is 1.98. The van der Waals surface area contributed by atoms with E-state index in [1.54, 1.807) is 0 Å². The van der Waals surface area contributed by atoms with Crippen LogP contribution in [0.4, 0.5) is 0 Å². The number of carbonyl (C=O) groups is 1. The molecule has 0 aromatic heterocycles. The van der Waals surface area contributed by atoms with Gasteiger partial charge in [0.2, 0.25) is 5.91 Å². The van der Waals surface area contributed by atoms with Crippen molar-refractivity contribution in [3.05, 3.63) is 0 Å². The van der Waals surface area contributed by atoms with Crippen LogP contribution in [-0.2, 0) is 4.79 Å². The van der Waals surface area contributed by atoms with Gasteiger partial charge in [-0.3, -0.25) is 4.79 Å². The van der Waals surface area contributed by atoms with E-state index < -0.39 is 0 Å². The highest BCUT2D eigenvalue weighted by molar-refractivity contribution is 5.76. The van der Waals surface area contributed by atoms with E-state index in [1.165, 1.54) is 0 Å². The summed E-state index contributed by atoms with van der Waals surface area (Å²) in [5.74, 6) is 0.198. The SMILES string of the molecule is C[N+]1(C)CCNC(=O)CC1. The Kier molecular flexibility index (Phi) is 1.94. The zero-order chi connectivity index (χ0) is 7.61. The summed E-state index contributed by atoms with van der Waals surface area (Å²) in [4.78, 5) is 10.8. The Hall–Kier alpha value is -0.570. The summed E-state index contributed by atoms with van der Waals surface area (Å²) in [5, 5.41) is 2.85. The molecule has 0 saturated carbocycles. The smallest absolute Gasteiger partial charge is 0.225 e. The summed E-state index contributed by atoms with van der Waals surface area (Å²) in [7, 11) is 4.31. The van der Waals surface area contributed by atoms with Gasteiger partial charge in [-0.1, -0.05) is 0 Å². The summed E-state index contributed by atoms with van der Waals surface area (Å²) >= 11 is 0. The van der Waals surface area contributed by atoms with Gasteiger partial charge >= 0.3 is 0 Å². The Bertz CT molecular complexity index is 143. The molecule has 3 nitrogen and oxygen atoms in total. The van der Waals surface area contributed by atoms with Crippen molar-refractivity contribution in [1.29, 1.82) is 0 Å². The Balaban J connectivity index is 2.48. The van der Waals surface area contributed by atoms with Gasteiger partial charge in [0, 0.05) is 0 Å². The van der Waals surface area contributed by atoms with Crippen molar-refractivity contribution >= 4 is 5.91 Å². The van der Waals surface area contributed by atoms with Gasteiger partial charge in [-0.05, 0) is 0 Å². The Morgan fingerprint density at radius 1 is 1.40 bits per heavy atom. The number of carbonyl (C=O) groups excluding carboxylic acids is 1. The minimum atomic E-state index is 0.198. The molecule has 58 valence electrons. The molecule has 1 heterocycles. The van der Waals surface area contributed by atoms with Crippen LogP contribution in [0.25, 0.3) is 0 Å². The molecule has 10 heavy (non-hydrogen) atoms. The van der Waals surface area contributed by atoms with Gasteiger partial charge < -0.3 is 9.80 Å². The first-order valence-electron chi connectivity index (χ1n) is 3.69. The van der Waals surface area contributed by atoms with Gasteiger partial charge in [0.25, 0.3) is 0 Å². The predicted molar refractivity (Wildman–Crippen MR) is 39.5 cm³/mol. The zero-order valence-corrected chi connectivity index (χ0v) is 6.68. The van der Waals surface area contributed by atoms with Gasteiger partial charge in [-0.2, -0.15) is 0 Å². The molecule has 0 bridgehead atoms. The Morgan fingerprint density at radius 3 is 2.80 bits per heavy atom. The molecule has 1 N–H and O–H groups in total. The van der Waals surface area contributed by atoms with Crippen LogP contribution in [0.5, 0.6) is 0 Å². The van der Waals surface area contributed by atoms with E-state index in [2.05, 4.69) is 19.4 Å². The van der Waals surface area contributed by atoms with Crippen LogP contribution in [0.15, 0.2) is 0 Å². The third-order valence-electron chi connectivity index (χ3n) is 1.98. The predicted octanol–water partition coefficient (Wildman–Crippen LogP) is -0.417. The first-order valence-corrected chi connectivity index (χ1v) is 3.69. The van der Waals surface area contributed by atoms with E-state index in [4.69, 9.17) is 0 Å². The Labute approximate surface area is 61.6 Å². The fraction of sp³-hybridized carbons (Fsp3) is 0.857. The average molecular weight is 143 g/mol. The monoisotopic (exact) mass is 143 g/mol. The fourth-order valence-corrected chi connectivity index (χ4v) is 1.10. The van der Waals surface area contributed by atoms with Crippen molar-refractivity contribution in [2.75, 3.05) is 33.7 Å². The second kappa shape index (κ2) is 2.58. The molecule has 3 heteroatoms. The lowest BCUT2D eigenvalue weighted by Crippen LogP contribution is -2.42. The second-order valence-electron chi connectivity index (χ2n) is 3.48. The van der Waals surface area contributed by atoms with E-state index in [0.29, 0.717) is 6.42 Å². The number of rotatable bonds is 0. The van der Waals surface area contributed by atoms with Crippen LogP contribution < -0.4 is 5.32 Å². The van der Waals surface area contributed by atoms with Gasteiger partial charge in [0.05, 0.1) is 40.2 Å². The molecule has 0 aliphatic carbocycles. The van der Waals surface area contributed by atoms with E-state index in [9.17, 15) is 4.79 Å². The summed E-state index contributed by atoms with van der Waals surface area (Å²) in [6, 6.07) is 0.